The first kappa shape index (κ1) is 10.2. The average molecular weight is 204 g/mol. The number of carboxylic acids is 1. The van der Waals surface area contributed by atoms with E-state index in [1.54, 1.807) is 6.07 Å². The quantitative estimate of drug-likeness (QED) is 0.763. The van der Waals surface area contributed by atoms with E-state index in [1.807, 2.05) is 12.1 Å². The fourth-order valence-corrected chi connectivity index (χ4v) is 2.22. The molecule has 1 aliphatic carbocycles. The Morgan fingerprint density at radius 1 is 1.00 bits per heavy atom. The summed E-state index contributed by atoms with van der Waals surface area (Å²) in [7, 11) is 0. The molecule has 15 heavy (non-hydrogen) atoms. The molecule has 2 rings (SSSR count). The van der Waals surface area contributed by atoms with Gasteiger partial charge in [-0.15, -0.1) is 0 Å². The molecule has 0 spiro atoms. The Morgan fingerprint density at radius 2 is 1.67 bits per heavy atom. The molecule has 1 aliphatic rings. The van der Waals surface area contributed by atoms with Gasteiger partial charge in [0.05, 0.1) is 5.56 Å². The number of carboxylic acid groups (broad SMARTS) is 1. The second-order valence-corrected chi connectivity index (χ2v) is 4.20. The normalized spacial score (nSPS) is 16.3. The summed E-state index contributed by atoms with van der Waals surface area (Å²) in [6, 6.07) is 5.57. The van der Waals surface area contributed by atoms with Crippen LogP contribution in [0.1, 0.15) is 47.2 Å². The summed E-state index contributed by atoms with van der Waals surface area (Å²) in [5, 5.41) is 8.91. The van der Waals surface area contributed by atoms with E-state index in [2.05, 4.69) is 0 Å². The topological polar surface area (TPSA) is 37.3 Å². The van der Waals surface area contributed by atoms with Crippen LogP contribution in [0.25, 0.3) is 0 Å². The molecule has 80 valence electrons. The third-order valence-corrected chi connectivity index (χ3v) is 3.10. The fraction of sp³-hybridized carbons (Fsp3) is 0.462. The summed E-state index contributed by atoms with van der Waals surface area (Å²) in [5.41, 5.74) is 3.02. The Morgan fingerprint density at radius 3 is 2.33 bits per heavy atom. The summed E-state index contributed by atoms with van der Waals surface area (Å²) in [5.74, 6) is -0.820. The van der Waals surface area contributed by atoms with Crippen LogP contribution < -0.4 is 0 Å². The monoisotopic (exact) mass is 204 g/mol. The molecule has 2 nitrogen and oxygen atoms in total. The largest absolute Gasteiger partial charge is 0.478 e. The standard InChI is InChI=1S/C13H16O2/c14-13(15)12-8-7-10-5-3-1-2-4-6-11(10)9-12/h7-9H,1-6H2,(H,14,15). The van der Waals surface area contributed by atoms with Crippen LogP contribution in [0.15, 0.2) is 18.2 Å². The number of hydrogen-bond acceptors (Lipinski definition) is 1. The zero-order valence-corrected chi connectivity index (χ0v) is 8.83. The summed E-state index contributed by atoms with van der Waals surface area (Å²) >= 11 is 0. The highest BCUT2D eigenvalue weighted by atomic mass is 16.4. The number of hydrogen-bond donors (Lipinski definition) is 1. The van der Waals surface area contributed by atoms with Crippen LogP contribution in [-0.2, 0) is 12.8 Å². The van der Waals surface area contributed by atoms with Crippen LogP contribution in [-0.4, -0.2) is 11.1 Å². The number of benzene rings is 1. The number of rotatable bonds is 1. The molecule has 0 aliphatic heterocycles. The van der Waals surface area contributed by atoms with E-state index in [9.17, 15) is 4.79 Å². The van der Waals surface area contributed by atoms with Crippen LogP contribution in [0, 0.1) is 0 Å². The lowest BCUT2D eigenvalue weighted by molar-refractivity contribution is 0.0696. The molecule has 0 bridgehead atoms. The summed E-state index contributed by atoms with van der Waals surface area (Å²) < 4.78 is 0. The maximum Gasteiger partial charge on any atom is 0.335 e. The Labute approximate surface area is 89.9 Å². The molecule has 2 heteroatoms. The van der Waals surface area contributed by atoms with Gasteiger partial charge in [0.25, 0.3) is 0 Å². The molecule has 0 fully saturated rings. The Bertz CT molecular complexity index is 369. The minimum atomic E-state index is -0.820. The molecule has 1 N–H and O–H groups in total. The molecule has 1 aromatic rings. The SMILES string of the molecule is O=C(O)c1ccc2c(c1)CCCCCC2. The summed E-state index contributed by atoms with van der Waals surface area (Å²) in [4.78, 5) is 10.8. The van der Waals surface area contributed by atoms with Gasteiger partial charge in [0.15, 0.2) is 0 Å². The first-order valence-electron chi connectivity index (χ1n) is 5.62. The van der Waals surface area contributed by atoms with Gasteiger partial charge < -0.3 is 5.11 Å². The first-order chi connectivity index (χ1) is 7.27. The smallest absolute Gasteiger partial charge is 0.335 e. The highest BCUT2D eigenvalue weighted by Crippen LogP contribution is 2.21. The number of fused-ring (bicyclic) bond motifs is 1. The number of aryl methyl sites for hydroxylation is 2. The fourth-order valence-electron chi connectivity index (χ4n) is 2.22. The van der Waals surface area contributed by atoms with Gasteiger partial charge in [0.1, 0.15) is 0 Å². The van der Waals surface area contributed by atoms with Gasteiger partial charge in [-0.25, -0.2) is 4.79 Å². The molecule has 0 unspecified atom stereocenters. The maximum absolute atomic E-state index is 10.8. The average Bonchev–Trinajstić information content (AvgIpc) is 2.18. The van der Waals surface area contributed by atoms with Crippen LogP contribution in [0.4, 0.5) is 0 Å². The van der Waals surface area contributed by atoms with Crippen molar-refractivity contribution in [2.75, 3.05) is 0 Å². The van der Waals surface area contributed by atoms with E-state index >= 15 is 0 Å². The zero-order chi connectivity index (χ0) is 10.7. The van der Waals surface area contributed by atoms with Crippen molar-refractivity contribution in [3.8, 4) is 0 Å². The molecule has 0 amide bonds. The third-order valence-electron chi connectivity index (χ3n) is 3.10. The van der Waals surface area contributed by atoms with Crippen LogP contribution in [0.2, 0.25) is 0 Å². The lowest BCUT2D eigenvalue weighted by Crippen LogP contribution is -2.03. The molecule has 0 radical (unpaired) electrons. The van der Waals surface area contributed by atoms with Crippen molar-refractivity contribution in [3.05, 3.63) is 34.9 Å². The van der Waals surface area contributed by atoms with Crippen molar-refractivity contribution in [1.29, 1.82) is 0 Å². The second-order valence-electron chi connectivity index (χ2n) is 4.20. The molecule has 0 saturated heterocycles. The molecule has 1 aromatic carbocycles. The predicted molar refractivity (Wildman–Crippen MR) is 59.3 cm³/mol. The Hall–Kier alpha value is -1.31. The third kappa shape index (κ3) is 2.38. The molecular formula is C13H16O2. The van der Waals surface area contributed by atoms with Gasteiger partial charge >= 0.3 is 5.97 Å². The van der Waals surface area contributed by atoms with Crippen molar-refractivity contribution < 1.29 is 9.90 Å². The summed E-state index contributed by atoms with van der Waals surface area (Å²) in [6.45, 7) is 0. The van der Waals surface area contributed by atoms with E-state index in [1.165, 1.54) is 36.8 Å². The van der Waals surface area contributed by atoms with Gasteiger partial charge in [-0.1, -0.05) is 18.9 Å². The minimum absolute atomic E-state index is 0.425. The molecule has 0 aromatic heterocycles. The molecule has 0 atom stereocenters. The van der Waals surface area contributed by atoms with Crippen LogP contribution in [0.3, 0.4) is 0 Å². The van der Waals surface area contributed by atoms with Crippen molar-refractivity contribution in [3.63, 3.8) is 0 Å². The van der Waals surface area contributed by atoms with E-state index in [4.69, 9.17) is 5.11 Å². The Balaban J connectivity index is 2.31. The van der Waals surface area contributed by atoms with Gasteiger partial charge in [-0.3, -0.25) is 0 Å². The highest BCUT2D eigenvalue weighted by molar-refractivity contribution is 5.87. The van der Waals surface area contributed by atoms with Gasteiger partial charge in [0.2, 0.25) is 0 Å². The molecular weight excluding hydrogens is 188 g/mol. The number of carbonyl (C=O) groups is 1. The lowest BCUT2D eigenvalue weighted by atomic mass is 9.92. The Kier molecular flexibility index (Phi) is 3.05. The van der Waals surface area contributed by atoms with Gasteiger partial charge in [-0.05, 0) is 48.9 Å². The van der Waals surface area contributed by atoms with E-state index in [0.717, 1.165) is 12.8 Å². The van der Waals surface area contributed by atoms with Crippen LogP contribution in [0.5, 0.6) is 0 Å². The molecule has 0 saturated carbocycles. The van der Waals surface area contributed by atoms with Crippen LogP contribution >= 0.6 is 0 Å². The molecule has 0 heterocycles. The maximum atomic E-state index is 10.8. The van der Waals surface area contributed by atoms with E-state index in [0.29, 0.717) is 5.56 Å². The predicted octanol–water partition coefficient (Wildman–Crippen LogP) is 3.04. The van der Waals surface area contributed by atoms with E-state index in [-0.39, 0.29) is 0 Å². The second kappa shape index (κ2) is 4.47. The van der Waals surface area contributed by atoms with Crippen molar-refractivity contribution >= 4 is 5.97 Å². The first-order valence-corrected chi connectivity index (χ1v) is 5.62. The number of aromatic carboxylic acids is 1. The van der Waals surface area contributed by atoms with Crippen molar-refractivity contribution in [1.82, 2.24) is 0 Å². The highest BCUT2D eigenvalue weighted by Gasteiger charge is 2.10. The van der Waals surface area contributed by atoms with Gasteiger partial charge in [-0.2, -0.15) is 0 Å². The van der Waals surface area contributed by atoms with Crippen molar-refractivity contribution in [2.45, 2.75) is 38.5 Å². The van der Waals surface area contributed by atoms with Crippen molar-refractivity contribution in [2.24, 2.45) is 0 Å². The van der Waals surface area contributed by atoms with E-state index < -0.39 is 5.97 Å². The zero-order valence-electron chi connectivity index (χ0n) is 8.83. The lowest BCUT2D eigenvalue weighted by Gasteiger charge is -2.13. The minimum Gasteiger partial charge on any atom is -0.478 e. The van der Waals surface area contributed by atoms with Gasteiger partial charge in [0, 0.05) is 0 Å². The summed E-state index contributed by atoms with van der Waals surface area (Å²) in [6.07, 6.45) is 7.15.